The van der Waals surface area contributed by atoms with Crippen molar-refractivity contribution in [1.82, 2.24) is 4.72 Å². The SMILES string of the molecule is COc1ccc(Br)cc1C(C)N[S@@+]([O-])C(C)(C)C. The highest BCUT2D eigenvalue weighted by atomic mass is 79.9. The van der Waals surface area contributed by atoms with Gasteiger partial charge in [0.1, 0.15) is 10.5 Å². The van der Waals surface area contributed by atoms with Gasteiger partial charge in [0.05, 0.1) is 13.2 Å². The first kappa shape index (κ1) is 15.8. The molecule has 0 bridgehead atoms. The van der Waals surface area contributed by atoms with E-state index in [1.807, 2.05) is 45.9 Å². The number of halogens is 1. The second-order valence-electron chi connectivity index (χ2n) is 5.11. The Morgan fingerprint density at radius 2 is 2.00 bits per heavy atom. The minimum atomic E-state index is -1.11. The molecule has 0 aliphatic rings. The number of hydrogen-bond donors (Lipinski definition) is 1. The fourth-order valence-corrected chi connectivity index (χ4v) is 2.62. The van der Waals surface area contributed by atoms with E-state index in [1.54, 1.807) is 7.11 Å². The van der Waals surface area contributed by atoms with Gasteiger partial charge in [-0.25, -0.2) is 0 Å². The Morgan fingerprint density at radius 1 is 1.39 bits per heavy atom. The van der Waals surface area contributed by atoms with Crippen LogP contribution in [0.2, 0.25) is 0 Å². The number of benzene rings is 1. The monoisotopic (exact) mass is 333 g/mol. The lowest BCUT2D eigenvalue weighted by atomic mass is 10.1. The summed E-state index contributed by atoms with van der Waals surface area (Å²) in [5, 5.41) is 0. The van der Waals surface area contributed by atoms with Crippen molar-refractivity contribution in [2.75, 3.05) is 7.11 Å². The van der Waals surface area contributed by atoms with Gasteiger partial charge in [-0.15, -0.1) is 4.72 Å². The van der Waals surface area contributed by atoms with E-state index in [9.17, 15) is 4.55 Å². The number of hydrogen-bond acceptors (Lipinski definition) is 3. The van der Waals surface area contributed by atoms with Crippen LogP contribution in [0.1, 0.15) is 39.3 Å². The Balaban J connectivity index is 2.90. The Labute approximate surface area is 121 Å². The molecule has 0 saturated carbocycles. The van der Waals surface area contributed by atoms with E-state index in [2.05, 4.69) is 20.7 Å². The molecule has 1 unspecified atom stereocenters. The van der Waals surface area contributed by atoms with Crippen LogP contribution in [0.15, 0.2) is 22.7 Å². The van der Waals surface area contributed by atoms with Crippen molar-refractivity contribution in [1.29, 1.82) is 0 Å². The first-order valence-electron chi connectivity index (χ1n) is 5.77. The maximum Gasteiger partial charge on any atom is 0.136 e. The topological polar surface area (TPSA) is 44.3 Å². The lowest BCUT2D eigenvalue weighted by molar-refractivity contribution is 0.405. The Bertz CT molecular complexity index is 406. The fourth-order valence-electron chi connectivity index (χ4n) is 1.44. The van der Waals surface area contributed by atoms with Crippen LogP contribution in [0.3, 0.4) is 0 Å². The average molecular weight is 334 g/mol. The Morgan fingerprint density at radius 3 is 2.50 bits per heavy atom. The molecule has 18 heavy (non-hydrogen) atoms. The average Bonchev–Trinajstić information content (AvgIpc) is 2.27. The molecule has 2 atom stereocenters. The second kappa shape index (κ2) is 6.28. The molecule has 102 valence electrons. The van der Waals surface area contributed by atoms with Crippen molar-refractivity contribution < 1.29 is 9.29 Å². The molecular weight excluding hydrogens is 314 g/mol. The predicted octanol–water partition coefficient (Wildman–Crippen LogP) is 3.57. The molecule has 3 nitrogen and oxygen atoms in total. The Kier molecular flexibility index (Phi) is 5.52. The third-order valence-corrected chi connectivity index (χ3v) is 4.67. The van der Waals surface area contributed by atoms with E-state index >= 15 is 0 Å². The summed E-state index contributed by atoms with van der Waals surface area (Å²) in [6.07, 6.45) is 0. The molecule has 0 radical (unpaired) electrons. The molecule has 1 rings (SSSR count). The molecule has 0 aliphatic carbocycles. The van der Waals surface area contributed by atoms with Gasteiger partial charge in [0.2, 0.25) is 0 Å². The maximum atomic E-state index is 12.1. The van der Waals surface area contributed by atoms with Crippen LogP contribution in [-0.4, -0.2) is 16.4 Å². The minimum Gasteiger partial charge on any atom is -0.598 e. The van der Waals surface area contributed by atoms with Gasteiger partial charge in [-0.1, -0.05) is 15.9 Å². The summed E-state index contributed by atoms with van der Waals surface area (Å²) in [5.41, 5.74) is 0.990. The minimum absolute atomic E-state index is 0.0440. The highest BCUT2D eigenvalue weighted by Gasteiger charge is 2.29. The van der Waals surface area contributed by atoms with E-state index in [1.165, 1.54) is 0 Å². The van der Waals surface area contributed by atoms with Crippen LogP contribution in [0, 0.1) is 0 Å². The molecule has 0 aliphatic heterocycles. The van der Waals surface area contributed by atoms with Crippen molar-refractivity contribution in [3.8, 4) is 5.75 Å². The maximum absolute atomic E-state index is 12.1. The molecule has 0 fully saturated rings. The summed E-state index contributed by atoms with van der Waals surface area (Å²) >= 11 is 2.33. The van der Waals surface area contributed by atoms with E-state index in [0.717, 1.165) is 15.8 Å². The zero-order valence-electron chi connectivity index (χ0n) is 11.4. The molecule has 0 amide bonds. The smallest absolute Gasteiger partial charge is 0.136 e. The Hall–Kier alpha value is -0.230. The molecule has 0 aromatic heterocycles. The lowest BCUT2D eigenvalue weighted by Gasteiger charge is -2.27. The summed E-state index contributed by atoms with van der Waals surface area (Å²) in [6.45, 7) is 7.82. The normalized spacial score (nSPS) is 15.3. The van der Waals surface area contributed by atoms with Crippen LogP contribution in [0.4, 0.5) is 0 Å². The molecule has 1 aromatic rings. The van der Waals surface area contributed by atoms with Crippen LogP contribution in [-0.2, 0) is 11.4 Å². The highest BCUT2D eigenvalue weighted by Crippen LogP contribution is 2.29. The molecule has 0 heterocycles. The van der Waals surface area contributed by atoms with Gasteiger partial charge in [-0.05, 0) is 45.9 Å². The van der Waals surface area contributed by atoms with Gasteiger partial charge in [-0.3, -0.25) is 0 Å². The number of nitrogens with one attached hydrogen (secondary N) is 1. The van der Waals surface area contributed by atoms with Crippen molar-refractivity contribution in [2.45, 2.75) is 38.5 Å². The van der Waals surface area contributed by atoms with Gasteiger partial charge >= 0.3 is 0 Å². The fraction of sp³-hybridized carbons (Fsp3) is 0.538. The summed E-state index contributed by atoms with van der Waals surface area (Å²) < 4.78 is 21.2. The van der Waals surface area contributed by atoms with E-state index in [-0.39, 0.29) is 10.8 Å². The predicted molar refractivity (Wildman–Crippen MR) is 80.1 cm³/mol. The van der Waals surface area contributed by atoms with Crippen molar-refractivity contribution >= 4 is 27.3 Å². The van der Waals surface area contributed by atoms with E-state index < -0.39 is 11.4 Å². The summed E-state index contributed by atoms with van der Waals surface area (Å²) in [5.74, 6) is 0.795. The van der Waals surface area contributed by atoms with Gasteiger partial charge in [-0.2, -0.15) is 0 Å². The zero-order valence-corrected chi connectivity index (χ0v) is 13.8. The van der Waals surface area contributed by atoms with E-state index in [4.69, 9.17) is 4.74 Å². The zero-order chi connectivity index (χ0) is 13.9. The molecule has 0 spiro atoms. The van der Waals surface area contributed by atoms with E-state index in [0.29, 0.717) is 0 Å². The molecular formula is C13H20BrNO2S. The third-order valence-electron chi connectivity index (χ3n) is 2.50. The molecule has 0 saturated heterocycles. The molecule has 5 heteroatoms. The first-order chi connectivity index (χ1) is 8.25. The number of methoxy groups -OCH3 is 1. The van der Waals surface area contributed by atoms with Crippen LogP contribution in [0.25, 0.3) is 0 Å². The quantitative estimate of drug-likeness (QED) is 0.856. The van der Waals surface area contributed by atoms with Gasteiger partial charge < -0.3 is 9.29 Å². The van der Waals surface area contributed by atoms with Gasteiger partial charge in [0.15, 0.2) is 0 Å². The van der Waals surface area contributed by atoms with Crippen molar-refractivity contribution in [2.24, 2.45) is 0 Å². The van der Waals surface area contributed by atoms with Crippen molar-refractivity contribution in [3.05, 3.63) is 28.2 Å². The molecule has 1 N–H and O–H groups in total. The van der Waals surface area contributed by atoms with Gasteiger partial charge in [0, 0.05) is 21.4 Å². The number of rotatable bonds is 4. The van der Waals surface area contributed by atoms with Crippen LogP contribution in [0.5, 0.6) is 5.75 Å². The standard InChI is InChI=1S/C13H20BrNO2S/c1-9(15-18(16)13(2,3)4)11-8-10(14)6-7-12(11)17-5/h6-9,15H,1-5H3/t9?,18-/m0/s1. The summed E-state index contributed by atoms with van der Waals surface area (Å²) in [7, 11) is 1.64. The van der Waals surface area contributed by atoms with Crippen molar-refractivity contribution in [3.63, 3.8) is 0 Å². The third kappa shape index (κ3) is 4.16. The number of ether oxygens (including phenoxy) is 1. The summed E-state index contributed by atoms with van der Waals surface area (Å²) in [4.78, 5) is 0. The lowest BCUT2D eigenvalue weighted by Crippen LogP contribution is -2.40. The van der Waals surface area contributed by atoms with Crippen LogP contribution >= 0.6 is 15.9 Å². The highest BCUT2D eigenvalue weighted by molar-refractivity contribution is 9.10. The molecule has 1 aromatic carbocycles. The summed E-state index contributed by atoms with van der Waals surface area (Å²) in [6, 6.07) is 5.77. The largest absolute Gasteiger partial charge is 0.598 e. The van der Waals surface area contributed by atoms with Gasteiger partial charge in [0.25, 0.3) is 0 Å². The van der Waals surface area contributed by atoms with Crippen LogP contribution < -0.4 is 9.46 Å². The first-order valence-corrected chi connectivity index (χ1v) is 7.71. The second-order valence-corrected chi connectivity index (χ2v) is 8.02.